The maximum atomic E-state index is 10.8. The summed E-state index contributed by atoms with van der Waals surface area (Å²) in [4.78, 5) is 10.8. The molecule has 0 fully saturated rings. The highest BCUT2D eigenvalue weighted by molar-refractivity contribution is 6.30. The van der Waals surface area contributed by atoms with E-state index in [1.165, 1.54) is 6.08 Å². The lowest BCUT2D eigenvalue weighted by Crippen LogP contribution is -2.11. The van der Waals surface area contributed by atoms with Crippen LogP contribution in [0.2, 0.25) is 5.02 Å². The van der Waals surface area contributed by atoms with Gasteiger partial charge < -0.3 is 10.4 Å². The molecular formula is C18H18ClNO2. The summed E-state index contributed by atoms with van der Waals surface area (Å²) in [5, 5.41) is 13.0. The fourth-order valence-electron chi connectivity index (χ4n) is 2.27. The van der Waals surface area contributed by atoms with E-state index >= 15 is 0 Å². The second-order valence-electron chi connectivity index (χ2n) is 5.15. The molecule has 2 aromatic rings. The molecule has 1 unspecified atom stereocenters. The smallest absolute Gasteiger partial charge is 0.328 e. The van der Waals surface area contributed by atoms with E-state index in [-0.39, 0.29) is 6.04 Å². The first kappa shape index (κ1) is 16.1. The van der Waals surface area contributed by atoms with Crippen molar-refractivity contribution in [1.82, 2.24) is 0 Å². The van der Waals surface area contributed by atoms with Crippen molar-refractivity contribution in [3.8, 4) is 0 Å². The molecule has 0 amide bonds. The van der Waals surface area contributed by atoms with Gasteiger partial charge in [0.25, 0.3) is 0 Å². The van der Waals surface area contributed by atoms with Crippen molar-refractivity contribution >= 4 is 23.3 Å². The predicted molar refractivity (Wildman–Crippen MR) is 90.3 cm³/mol. The fourth-order valence-corrected chi connectivity index (χ4v) is 2.40. The van der Waals surface area contributed by atoms with Gasteiger partial charge >= 0.3 is 5.97 Å². The average molecular weight is 316 g/mol. The normalized spacial score (nSPS) is 12.7. The lowest BCUT2D eigenvalue weighted by Gasteiger charge is -2.21. The molecule has 0 heterocycles. The first-order chi connectivity index (χ1) is 10.5. The minimum absolute atomic E-state index is 0.0183. The van der Waals surface area contributed by atoms with Gasteiger partial charge in [-0.05, 0) is 43.2 Å². The number of hydrogen-bond acceptors (Lipinski definition) is 2. The SMILES string of the molecule is C/C(=C\C(=O)O)CC(Nc1ccccc1)c1ccc(Cl)cc1. The van der Waals surface area contributed by atoms with Gasteiger partial charge in [0.1, 0.15) is 0 Å². The number of nitrogens with one attached hydrogen (secondary N) is 1. The summed E-state index contributed by atoms with van der Waals surface area (Å²) in [6, 6.07) is 17.4. The van der Waals surface area contributed by atoms with E-state index in [4.69, 9.17) is 16.7 Å². The third-order valence-electron chi connectivity index (χ3n) is 3.28. The molecule has 0 saturated heterocycles. The Kier molecular flexibility index (Phi) is 5.61. The van der Waals surface area contributed by atoms with Crippen LogP contribution in [0.15, 0.2) is 66.2 Å². The van der Waals surface area contributed by atoms with Gasteiger partial charge in [0.15, 0.2) is 0 Å². The number of carboxylic acid groups (broad SMARTS) is 1. The number of carbonyl (C=O) groups is 1. The molecule has 0 spiro atoms. The zero-order chi connectivity index (χ0) is 15.9. The van der Waals surface area contributed by atoms with Crippen molar-refractivity contribution in [3.63, 3.8) is 0 Å². The number of rotatable bonds is 6. The second kappa shape index (κ2) is 7.66. The van der Waals surface area contributed by atoms with Gasteiger partial charge in [-0.1, -0.05) is 47.5 Å². The molecule has 0 aromatic heterocycles. The maximum absolute atomic E-state index is 10.8. The molecule has 0 radical (unpaired) electrons. The first-order valence-corrected chi connectivity index (χ1v) is 7.39. The summed E-state index contributed by atoms with van der Waals surface area (Å²) in [6.07, 6.45) is 1.85. The standard InChI is InChI=1S/C18H18ClNO2/c1-13(12-18(21)22)11-17(14-7-9-15(19)10-8-14)20-16-5-3-2-4-6-16/h2-10,12,17,20H,11H2,1H3,(H,21,22)/b13-12+. The topological polar surface area (TPSA) is 49.3 Å². The van der Waals surface area contributed by atoms with Crippen LogP contribution in [0.4, 0.5) is 5.69 Å². The van der Waals surface area contributed by atoms with Gasteiger partial charge in [-0.25, -0.2) is 4.79 Å². The molecule has 0 aliphatic rings. The summed E-state index contributed by atoms with van der Waals surface area (Å²) >= 11 is 5.94. The Labute approximate surface area is 135 Å². The molecule has 3 nitrogen and oxygen atoms in total. The lowest BCUT2D eigenvalue weighted by molar-refractivity contribution is -0.131. The quantitative estimate of drug-likeness (QED) is 0.744. The van der Waals surface area contributed by atoms with Crippen molar-refractivity contribution in [2.75, 3.05) is 5.32 Å². The van der Waals surface area contributed by atoms with E-state index in [1.807, 2.05) is 61.5 Å². The summed E-state index contributed by atoms with van der Waals surface area (Å²) in [7, 11) is 0. The van der Waals surface area contributed by atoms with E-state index in [9.17, 15) is 4.79 Å². The van der Waals surface area contributed by atoms with Crippen LogP contribution >= 0.6 is 11.6 Å². The molecule has 0 saturated carbocycles. The Morgan fingerprint density at radius 2 is 1.82 bits per heavy atom. The Hall–Kier alpha value is -2.26. The zero-order valence-corrected chi connectivity index (χ0v) is 13.0. The largest absolute Gasteiger partial charge is 0.478 e. The monoisotopic (exact) mass is 315 g/mol. The van der Waals surface area contributed by atoms with Crippen molar-refractivity contribution in [1.29, 1.82) is 0 Å². The van der Waals surface area contributed by atoms with E-state index < -0.39 is 5.97 Å². The number of halogens is 1. The van der Waals surface area contributed by atoms with Crippen molar-refractivity contribution in [2.45, 2.75) is 19.4 Å². The molecule has 2 aromatic carbocycles. The maximum Gasteiger partial charge on any atom is 0.328 e. The number of hydrogen-bond donors (Lipinski definition) is 2. The first-order valence-electron chi connectivity index (χ1n) is 7.02. The Morgan fingerprint density at radius 1 is 1.18 bits per heavy atom. The van der Waals surface area contributed by atoms with Crippen LogP contribution in [0.3, 0.4) is 0 Å². The minimum Gasteiger partial charge on any atom is -0.478 e. The molecular weight excluding hydrogens is 298 g/mol. The fraction of sp³-hybridized carbons (Fsp3) is 0.167. The van der Waals surface area contributed by atoms with Crippen LogP contribution in [-0.2, 0) is 4.79 Å². The molecule has 4 heteroatoms. The lowest BCUT2D eigenvalue weighted by atomic mass is 9.99. The van der Waals surface area contributed by atoms with Crippen LogP contribution in [0.25, 0.3) is 0 Å². The van der Waals surface area contributed by atoms with E-state index in [0.717, 1.165) is 16.8 Å². The van der Waals surface area contributed by atoms with Crippen molar-refractivity contribution in [2.24, 2.45) is 0 Å². The third-order valence-corrected chi connectivity index (χ3v) is 3.54. The highest BCUT2D eigenvalue weighted by atomic mass is 35.5. The minimum atomic E-state index is -0.924. The molecule has 22 heavy (non-hydrogen) atoms. The van der Waals surface area contributed by atoms with Gasteiger partial charge in [-0.15, -0.1) is 0 Å². The Balaban J connectivity index is 2.24. The van der Waals surface area contributed by atoms with Gasteiger partial charge in [0.05, 0.1) is 6.04 Å². The van der Waals surface area contributed by atoms with E-state index in [1.54, 1.807) is 0 Å². The summed E-state index contributed by atoms with van der Waals surface area (Å²) in [5.41, 5.74) is 2.85. The Morgan fingerprint density at radius 3 is 2.41 bits per heavy atom. The number of carboxylic acids is 1. The molecule has 0 aliphatic heterocycles. The van der Waals surface area contributed by atoms with Gasteiger partial charge in [-0.3, -0.25) is 0 Å². The summed E-state index contributed by atoms with van der Waals surface area (Å²) < 4.78 is 0. The highest BCUT2D eigenvalue weighted by Crippen LogP contribution is 2.26. The molecule has 0 bridgehead atoms. The summed E-state index contributed by atoms with van der Waals surface area (Å²) in [6.45, 7) is 1.82. The summed E-state index contributed by atoms with van der Waals surface area (Å²) in [5.74, 6) is -0.924. The van der Waals surface area contributed by atoms with Crippen LogP contribution in [-0.4, -0.2) is 11.1 Å². The van der Waals surface area contributed by atoms with Gasteiger partial charge in [0.2, 0.25) is 0 Å². The highest BCUT2D eigenvalue weighted by Gasteiger charge is 2.13. The molecule has 114 valence electrons. The van der Waals surface area contributed by atoms with E-state index in [2.05, 4.69) is 5.32 Å². The number of anilines is 1. The van der Waals surface area contributed by atoms with Gasteiger partial charge in [-0.2, -0.15) is 0 Å². The zero-order valence-electron chi connectivity index (χ0n) is 12.3. The predicted octanol–water partition coefficient (Wildman–Crippen LogP) is 4.91. The van der Waals surface area contributed by atoms with E-state index in [0.29, 0.717) is 11.4 Å². The number of benzene rings is 2. The van der Waals surface area contributed by atoms with Crippen LogP contribution < -0.4 is 5.32 Å². The number of para-hydroxylation sites is 1. The van der Waals surface area contributed by atoms with Crippen LogP contribution in [0.5, 0.6) is 0 Å². The second-order valence-corrected chi connectivity index (χ2v) is 5.58. The molecule has 2 rings (SSSR count). The Bertz CT molecular complexity index is 651. The van der Waals surface area contributed by atoms with Crippen molar-refractivity contribution in [3.05, 3.63) is 76.8 Å². The molecule has 1 atom stereocenters. The third kappa shape index (κ3) is 4.93. The average Bonchev–Trinajstić information content (AvgIpc) is 2.47. The van der Waals surface area contributed by atoms with Gasteiger partial charge in [0, 0.05) is 16.8 Å². The number of aliphatic carboxylic acids is 1. The molecule has 2 N–H and O–H groups in total. The van der Waals surface area contributed by atoms with Crippen LogP contribution in [0, 0.1) is 0 Å². The van der Waals surface area contributed by atoms with Crippen molar-refractivity contribution < 1.29 is 9.90 Å². The van der Waals surface area contributed by atoms with Crippen LogP contribution in [0.1, 0.15) is 24.9 Å². The molecule has 0 aliphatic carbocycles.